The molecule has 4 heteroatoms. The smallest absolute Gasteiger partial charge is 0.335 e. The van der Waals surface area contributed by atoms with Crippen molar-refractivity contribution in [3.05, 3.63) is 35.2 Å². The SMILES string of the molecule is COC(=O)C(Cc1cc2ccccc2s1)OC. The Hall–Kier alpha value is -1.39. The Morgan fingerprint density at radius 2 is 2.12 bits per heavy atom. The Bertz CT molecular complexity index is 485. The lowest BCUT2D eigenvalue weighted by molar-refractivity contribution is -0.152. The average Bonchev–Trinajstić information content (AvgIpc) is 2.77. The summed E-state index contributed by atoms with van der Waals surface area (Å²) < 4.78 is 11.0. The zero-order chi connectivity index (χ0) is 12.3. The molecular weight excluding hydrogens is 236 g/mol. The van der Waals surface area contributed by atoms with Gasteiger partial charge in [0.25, 0.3) is 0 Å². The Morgan fingerprint density at radius 1 is 1.35 bits per heavy atom. The predicted molar refractivity (Wildman–Crippen MR) is 68.3 cm³/mol. The van der Waals surface area contributed by atoms with E-state index in [-0.39, 0.29) is 5.97 Å². The maximum absolute atomic E-state index is 11.4. The minimum atomic E-state index is -0.520. The molecule has 3 nitrogen and oxygen atoms in total. The van der Waals surface area contributed by atoms with Crippen molar-refractivity contribution in [3.8, 4) is 0 Å². The molecule has 0 spiro atoms. The van der Waals surface area contributed by atoms with Gasteiger partial charge in [-0.25, -0.2) is 4.79 Å². The molecule has 0 aliphatic rings. The van der Waals surface area contributed by atoms with Crippen LogP contribution < -0.4 is 0 Å². The summed E-state index contributed by atoms with van der Waals surface area (Å²) in [5.41, 5.74) is 0. The Labute approximate surface area is 104 Å². The number of rotatable bonds is 4. The maximum atomic E-state index is 11.4. The fourth-order valence-electron chi connectivity index (χ4n) is 1.71. The first-order chi connectivity index (χ1) is 8.24. The highest BCUT2D eigenvalue weighted by molar-refractivity contribution is 7.19. The van der Waals surface area contributed by atoms with Crippen molar-refractivity contribution in [1.82, 2.24) is 0 Å². The fourth-order valence-corrected chi connectivity index (χ4v) is 2.81. The molecule has 2 rings (SSSR count). The fraction of sp³-hybridized carbons (Fsp3) is 0.308. The van der Waals surface area contributed by atoms with Crippen molar-refractivity contribution in [1.29, 1.82) is 0 Å². The van der Waals surface area contributed by atoms with Gasteiger partial charge in [-0.1, -0.05) is 18.2 Å². The van der Waals surface area contributed by atoms with Crippen LogP contribution in [0.3, 0.4) is 0 Å². The van der Waals surface area contributed by atoms with E-state index in [0.717, 1.165) is 4.88 Å². The number of methoxy groups -OCH3 is 2. The molecule has 0 fully saturated rings. The second-order valence-corrected chi connectivity index (χ2v) is 4.87. The van der Waals surface area contributed by atoms with Crippen LogP contribution in [0.2, 0.25) is 0 Å². The number of ether oxygens (including phenoxy) is 2. The maximum Gasteiger partial charge on any atom is 0.335 e. The summed E-state index contributed by atoms with van der Waals surface area (Å²) >= 11 is 1.68. The first kappa shape index (κ1) is 12.1. The third kappa shape index (κ3) is 2.65. The van der Waals surface area contributed by atoms with Crippen molar-refractivity contribution in [2.24, 2.45) is 0 Å². The van der Waals surface area contributed by atoms with E-state index in [1.807, 2.05) is 12.1 Å². The van der Waals surface area contributed by atoms with Crippen LogP contribution in [0.1, 0.15) is 4.88 Å². The molecule has 1 heterocycles. The molecule has 0 saturated heterocycles. The number of esters is 1. The largest absolute Gasteiger partial charge is 0.467 e. The predicted octanol–water partition coefficient (Wildman–Crippen LogP) is 2.63. The lowest BCUT2D eigenvalue weighted by Crippen LogP contribution is -2.26. The van der Waals surface area contributed by atoms with E-state index in [4.69, 9.17) is 9.47 Å². The molecule has 1 aromatic heterocycles. The van der Waals surface area contributed by atoms with E-state index in [0.29, 0.717) is 6.42 Å². The van der Waals surface area contributed by atoms with E-state index >= 15 is 0 Å². The summed E-state index contributed by atoms with van der Waals surface area (Å²) in [6.45, 7) is 0. The summed E-state index contributed by atoms with van der Waals surface area (Å²) in [6.07, 6.45) is 0.0377. The minimum Gasteiger partial charge on any atom is -0.467 e. The van der Waals surface area contributed by atoms with Crippen molar-refractivity contribution in [2.75, 3.05) is 14.2 Å². The highest BCUT2D eigenvalue weighted by Crippen LogP contribution is 2.26. The number of hydrogen-bond donors (Lipinski definition) is 0. The highest BCUT2D eigenvalue weighted by Gasteiger charge is 2.19. The summed E-state index contributed by atoms with van der Waals surface area (Å²) in [7, 11) is 2.90. The van der Waals surface area contributed by atoms with E-state index < -0.39 is 6.10 Å². The van der Waals surface area contributed by atoms with Gasteiger partial charge in [-0.05, 0) is 17.5 Å². The van der Waals surface area contributed by atoms with E-state index in [9.17, 15) is 4.79 Å². The molecule has 17 heavy (non-hydrogen) atoms. The third-order valence-electron chi connectivity index (χ3n) is 2.61. The van der Waals surface area contributed by atoms with Gasteiger partial charge in [0, 0.05) is 23.1 Å². The average molecular weight is 250 g/mol. The second kappa shape index (κ2) is 5.29. The first-order valence-corrected chi connectivity index (χ1v) is 6.14. The number of hydrogen-bond acceptors (Lipinski definition) is 4. The highest BCUT2D eigenvalue weighted by atomic mass is 32.1. The third-order valence-corrected chi connectivity index (χ3v) is 3.75. The molecule has 90 valence electrons. The van der Waals surface area contributed by atoms with Gasteiger partial charge in [0.1, 0.15) is 0 Å². The molecule has 0 amide bonds. The van der Waals surface area contributed by atoms with Crippen molar-refractivity contribution in [2.45, 2.75) is 12.5 Å². The number of thiophene rings is 1. The molecule has 0 bridgehead atoms. The van der Waals surface area contributed by atoms with Gasteiger partial charge in [0.2, 0.25) is 0 Å². The summed E-state index contributed by atoms with van der Waals surface area (Å²) in [5, 5.41) is 1.20. The van der Waals surface area contributed by atoms with Gasteiger partial charge in [-0.3, -0.25) is 0 Å². The van der Waals surface area contributed by atoms with Gasteiger partial charge in [-0.2, -0.15) is 0 Å². The van der Waals surface area contributed by atoms with Crippen LogP contribution in [-0.2, 0) is 20.7 Å². The number of benzene rings is 1. The standard InChI is InChI=1S/C13H14O3S/c1-15-11(13(14)16-2)8-10-7-9-5-3-4-6-12(9)17-10/h3-7,11H,8H2,1-2H3. The summed E-state index contributed by atoms with van der Waals surface area (Å²) in [5.74, 6) is -0.329. The van der Waals surface area contributed by atoms with Gasteiger partial charge in [-0.15, -0.1) is 11.3 Å². The van der Waals surface area contributed by atoms with E-state index in [1.54, 1.807) is 11.3 Å². The minimum absolute atomic E-state index is 0.329. The lowest BCUT2D eigenvalue weighted by Gasteiger charge is -2.10. The molecular formula is C13H14O3S. The molecule has 0 saturated carbocycles. The number of carbonyl (C=O) groups excluding carboxylic acids is 1. The molecule has 1 unspecified atom stereocenters. The van der Waals surface area contributed by atoms with Crippen LogP contribution in [0.5, 0.6) is 0 Å². The second-order valence-electron chi connectivity index (χ2n) is 3.70. The van der Waals surface area contributed by atoms with Crippen LogP contribution in [0, 0.1) is 0 Å². The molecule has 1 atom stereocenters. The monoisotopic (exact) mass is 250 g/mol. The Balaban J connectivity index is 2.19. The quantitative estimate of drug-likeness (QED) is 0.782. The summed E-state index contributed by atoms with van der Waals surface area (Å²) in [4.78, 5) is 12.5. The summed E-state index contributed by atoms with van der Waals surface area (Å²) in [6, 6.07) is 10.2. The van der Waals surface area contributed by atoms with Gasteiger partial charge < -0.3 is 9.47 Å². The van der Waals surface area contributed by atoms with Crippen molar-refractivity contribution < 1.29 is 14.3 Å². The van der Waals surface area contributed by atoms with Gasteiger partial charge in [0.05, 0.1) is 7.11 Å². The lowest BCUT2D eigenvalue weighted by atomic mass is 10.2. The van der Waals surface area contributed by atoms with Crippen LogP contribution >= 0.6 is 11.3 Å². The molecule has 0 radical (unpaired) electrons. The molecule has 0 aliphatic carbocycles. The van der Waals surface area contributed by atoms with E-state index in [1.165, 1.54) is 24.3 Å². The molecule has 1 aromatic carbocycles. The van der Waals surface area contributed by atoms with Crippen molar-refractivity contribution in [3.63, 3.8) is 0 Å². The van der Waals surface area contributed by atoms with Crippen LogP contribution in [0.15, 0.2) is 30.3 Å². The first-order valence-electron chi connectivity index (χ1n) is 5.32. The van der Waals surface area contributed by atoms with Gasteiger partial charge >= 0.3 is 5.97 Å². The van der Waals surface area contributed by atoms with Crippen LogP contribution in [0.4, 0.5) is 0 Å². The zero-order valence-electron chi connectivity index (χ0n) is 9.80. The van der Waals surface area contributed by atoms with Crippen LogP contribution in [-0.4, -0.2) is 26.3 Å². The molecule has 0 N–H and O–H groups in total. The topological polar surface area (TPSA) is 35.5 Å². The Kier molecular flexibility index (Phi) is 3.76. The van der Waals surface area contributed by atoms with Crippen molar-refractivity contribution >= 4 is 27.4 Å². The zero-order valence-corrected chi connectivity index (χ0v) is 10.6. The van der Waals surface area contributed by atoms with E-state index in [2.05, 4.69) is 18.2 Å². The number of carbonyl (C=O) groups is 1. The normalized spacial score (nSPS) is 12.6. The van der Waals surface area contributed by atoms with Crippen LogP contribution in [0.25, 0.3) is 10.1 Å². The van der Waals surface area contributed by atoms with Gasteiger partial charge in [0.15, 0.2) is 6.10 Å². The number of fused-ring (bicyclic) bond motifs is 1. The molecule has 2 aromatic rings. The molecule has 0 aliphatic heterocycles. The Morgan fingerprint density at radius 3 is 2.76 bits per heavy atom.